The number of hydrogen-bond donors (Lipinski definition) is 2. The molecule has 0 saturated heterocycles. The lowest BCUT2D eigenvalue weighted by molar-refractivity contribution is 0.1000. The summed E-state index contributed by atoms with van der Waals surface area (Å²) in [6.45, 7) is 10.8. The van der Waals surface area contributed by atoms with E-state index in [9.17, 15) is 4.79 Å². The summed E-state index contributed by atoms with van der Waals surface area (Å²) in [6.07, 6.45) is 0.721. The van der Waals surface area contributed by atoms with Crippen molar-refractivity contribution in [1.29, 1.82) is 0 Å². The molecule has 4 nitrogen and oxygen atoms in total. The molecule has 1 aromatic carbocycles. The van der Waals surface area contributed by atoms with Crippen molar-refractivity contribution in [3.05, 3.63) is 52.6 Å². The molecule has 0 atom stereocenters. The smallest absolute Gasteiger partial charge is 0.251 e. The summed E-state index contributed by atoms with van der Waals surface area (Å²) in [5, 5.41) is 0. The van der Waals surface area contributed by atoms with Crippen LogP contribution in [0.3, 0.4) is 0 Å². The summed E-state index contributed by atoms with van der Waals surface area (Å²) in [5.41, 5.74) is 10.1. The second-order valence-electron chi connectivity index (χ2n) is 4.36. The SMILES string of the molecule is [C-]#[N+]c1ccc(-c2c(C)[nH]c(CC)c2C(N)=O)cc1. The van der Waals surface area contributed by atoms with Crippen molar-refractivity contribution in [2.75, 3.05) is 0 Å². The van der Waals surface area contributed by atoms with Gasteiger partial charge < -0.3 is 10.7 Å². The van der Waals surface area contributed by atoms with E-state index in [2.05, 4.69) is 9.83 Å². The van der Waals surface area contributed by atoms with Crippen LogP contribution >= 0.6 is 0 Å². The van der Waals surface area contributed by atoms with Gasteiger partial charge in [-0.05, 0) is 18.9 Å². The number of carbonyl (C=O) groups excluding carboxylic acids is 1. The van der Waals surface area contributed by atoms with E-state index in [0.29, 0.717) is 11.3 Å². The van der Waals surface area contributed by atoms with Crippen LogP contribution < -0.4 is 5.73 Å². The quantitative estimate of drug-likeness (QED) is 0.810. The number of nitrogens with two attached hydrogens (primary N) is 1. The zero-order valence-corrected chi connectivity index (χ0v) is 10.9. The lowest BCUT2D eigenvalue weighted by Crippen LogP contribution is -2.13. The van der Waals surface area contributed by atoms with Crippen LogP contribution in [0.25, 0.3) is 16.0 Å². The van der Waals surface area contributed by atoms with Gasteiger partial charge in [-0.15, -0.1) is 0 Å². The molecule has 2 rings (SSSR count). The number of aryl methyl sites for hydroxylation is 2. The molecule has 0 saturated carbocycles. The molecule has 96 valence electrons. The Morgan fingerprint density at radius 1 is 1.37 bits per heavy atom. The summed E-state index contributed by atoms with van der Waals surface area (Å²) in [5.74, 6) is -0.426. The molecule has 19 heavy (non-hydrogen) atoms. The van der Waals surface area contributed by atoms with E-state index in [-0.39, 0.29) is 0 Å². The summed E-state index contributed by atoms with van der Waals surface area (Å²) in [7, 11) is 0. The number of nitrogens with one attached hydrogen (secondary N) is 1. The van der Waals surface area contributed by atoms with Crippen LogP contribution in [-0.2, 0) is 6.42 Å². The molecule has 0 radical (unpaired) electrons. The number of amides is 1. The van der Waals surface area contributed by atoms with Gasteiger partial charge in [0.1, 0.15) is 0 Å². The first-order valence-electron chi connectivity index (χ1n) is 6.07. The molecule has 3 N–H and O–H groups in total. The zero-order valence-electron chi connectivity index (χ0n) is 10.9. The Kier molecular flexibility index (Phi) is 3.39. The van der Waals surface area contributed by atoms with Gasteiger partial charge in [0, 0.05) is 17.0 Å². The standard InChI is InChI=1S/C15H15N3O/c1-4-12-14(15(16)19)13(9(2)18-12)10-5-7-11(17-3)8-6-10/h5-8,18H,4H2,1-2H3,(H2,16,19). The van der Waals surface area contributed by atoms with Crippen molar-refractivity contribution in [1.82, 2.24) is 4.98 Å². The number of aromatic nitrogens is 1. The van der Waals surface area contributed by atoms with Gasteiger partial charge in [-0.1, -0.05) is 31.2 Å². The number of carbonyl (C=O) groups is 1. The highest BCUT2D eigenvalue weighted by atomic mass is 16.1. The minimum absolute atomic E-state index is 0.426. The first kappa shape index (κ1) is 12.9. The Bertz CT molecular complexity index is 660. The monoisotopic (exact) mass is 253 g/mol. The molecule has 0 bridgehead atoms. The highest BCUT2D eigenvalue weighted by Gasteiger charge is 2.19. The minimum Gasteiger partial charge on any atom is -0.366 e. The van der Waals surface area contributed by atoms with Crippen LogP contribution in [0.1, 0.15) is 28.7 Å². The molecule has 4 heteroatoms. The Hall–Kier alpha value is -2.54. The van der Waals surface area contributed by atoms with E-state index >= 15 is 0 Å². The summed E-state index contributed by atoms with van der Waals surface area (Å²) >= 11 is 0. The van der Waals surface area contributed by atoms with Crippen LogP contribution in [0.4, 0.5) is 5.69 Å². The lowest BCUT2D eigenvalue weighted by atomic mass is 9.99. The van der Waals surface area contributed by atoms with Gasteiger partial charge in [-0.3, -0.25) is 4.79 Å². The number of nitrogens with zero attached hydrogens (tertiary/aromatic N) is 1. The normalized spacial score (nSPS) is 10.2. The van der Waals surface area contributed by atoms with Crippen LogP contribution in [0.5, 0.6) is 0 Å². The average Bonchev–Trinajstić information content (AvgIpc) is 2.76. The summed E-state index contributed by atoms with van der Waals surface area (Å²) < 4.78 is 0. The van der Waals surface area contributed by atoms with Crippen molar-refractivity contribution in [3.8, 4) is 11.1 Å². The highest BCUT2D eigenvalue weighted by molar-refractivity contribution is 6.02. The van der Waals surface area contributed by atoms with Crippen molar-refractivity contribution in [3.63, 3.8) is 0 Å². The molecule has 1 amide bonds. The van der Waals surface area contributed by atoms with Crippen molar-refractivity contribution >= 4 is 11.6 Å². The molecule has 0 fully saturated rings. The van der Waals surface area contributed by atoms with Gasteiger partial charge in [0.25, 0.3) is 5.91 Å². The van der Waals surface area contributed by atoms with E-state index in [0.717, 1.165) is 28.9 Å². The first-order valence-corrected chi connectivity index (χ1v) is 6.07. The maximum absolute atomic E-state index is 11.7. The van der Waals surface area contributed by atoms with Gasteiger partial charge in [0.15, 0.2) is 5.69 Å². The fourth-order valence-electron chi connectivity index (χ4n) is 2.29. The molecular weight excluding hydrogens is 238 g/mol. The predicted octanol–water partition coefficient (Wildman–Crippen LogP) is 3.20. The number of H-pyrrole nitrogens is 1. The second-order valence-corrected chi connectivity index (χ2v) is 4.36. The number of hydrogen-bond acceptors (Lipinski definition) is 1. The number of aromatic amines is 1. The van der Waals surface area contributed by atoms with E-state index < -0.39 is 5.91 Å². The summed E-state index contributed by atoms with van der Waals surface area (Å²) in [4.78, 5) is 18.2. The third kappa shape index (κ3) is 2.23. The topological polar surface area (TPSA) is 63.2 Å². The maximum atomic E-state index is 11.7. The van der Waals surface area contributed by atoms with E-state index in [1.165, 1.54) is 0 Å². The van der Waals surface area contributed by atoms with Gasteiger partial charge >= 0.3 is 0 Å². The van der Waals surface area contributed by atoms with Crippen LogP contribution in [0, 0.1) is 13.5 Å². The Balaban J connectivity index is 2.64. The van der Waals surface area contributed by atoms with Crippen molar-refractivity contribution < 1.29 is 4.79 Å². The molecule has 2 aromatic rings. The van der Waals surface area contributed by atoms with Gasteiger partial charge in [0.2, 0.25) is 0 Å². The molecule has 1 heterocycles. The number of rotatable bonds is 3. The zero-order chi connectivity index (χ0) is 14.0. The third-order valence-corrected chi connectivity index (χ3v) is 3.15. The Morgan fingerprint density at radius 2 is 2.00 bits per heavy atom. The Labute approximate surface area is 112 Å². The molecule has 0 aliphatic heterocycles. The molecule has 0 aliphatic rings. The maximum Gasteiger partial charge on any atom is 0.251 e. The lowest BCUT2D eigenvalue weighted by Gasteiger charge is -2.04. The van der Waals surface area contributed by atoms with Crippen molar-refractivity contribution in [2.24, 2.45) is 5.73 Å². The molecule has 0 unspecified atom stereocenters. The molecule has 1 aromatic heterocycles. The minimum atomic E-state index is -0.426. The number of benzene rings is 1. The molecular formula is C15H15N3O. The highest BCUT2D eigenvalue weighted by Crippen LogP contribution is 2.31. The molecule has 0 aliphatic carbocycles. The fraction of sp³-hybridized carbons (Fsp3) is 0.200. The molecule has 0 spiro atoms. The van der Waals surface area contributed by atoms with Crippen LogP contribution in [-0.4, -0.2) is 10.9 Å². The second kappa shape index (κ2) is 4.99. The third-order valence-electron chi connectivity index (χ3n) is 3.15. The summed E-state index contributed by atoms with van der Waals surface area (Å²) in [6, 6.07) is 7.17. The Morgan fingerprint density at radius 3 is 2.47 bits per heavy atom. The van der Waals surface area contributed by atoms with Crippen LogP contribution in [0.15, 0.2) is 24.3 Å². The van der Waals surface area contributed by atoms with E-state index in [1.54, 1.807) is 12.1 Å². The van der Waals surface area contributed by atoms with Gasteiger partial charge in [-0.25, -0.2) is 4.85 Å². The fourth-order valence-corrected chi connectivity index (χ4v) is 2.29. The number of primary amides is 1. The predicted molar refractivity (Wildman–Crippen MR) is 75.1 cm³/mol. The van der Waals surface area contributed by atoms with E-state index in [4.69, 9.17) is 12.3 Å². The van der Waals surface area contributed by atoms with Gasteiger partial charge in [-0.2, -0.15) is 0 Å². The first-order chi connectivity index (χ1) is 9.08. The largest absolute Gasteiger partial charge is 0.366 e. The van der Waals surface area contributed by atoms with Gasteiger partial charge in [0.05, 0.1) is 12.1 Å². The van der Waals surface area contributed by atoms with E-state index in [1.807, 2.05) is 26.0 Å². The average molecular weight is 253 g/mol. The van der Waals surface area contributed by atoms with Crippen LogP contribution in [0.2, 0.25) is 0 Å². The van der Waals surface area contributed by atoms with Crippen molar-refractivity contribution in [2.45, 2.75) is 20.3 Å².